The molecule has 1 atom stereocenters. The third-order valence-electron chi connectivity index (χ3n) is 1.56. The van der Waals surface area contributed by atoms with E-state index in [0.29, 0.717) is 11.3 Å². The van der Waals surface area contributed by atoms with Gasteiger partial charge in [0.1, 0.15) is 5.76 Å². The lowest BCUT2D eigenvalue weighted by molar-refractivity contribution is 0.120. The number of rotatable bonds is 1. The van der Waals surface area contributed by atoms with Crippen molar-refractivity contribution >= 4 is 0 Å². The summed E-state index contributed by atoms with van der Waals surface area (Å²) >= 11 is 0. The van der Waals surface area contributed by atoms with Crippen molar-refractivity contribution in [3.05, 3.63) is 17.5 Å². The van der Waals surface area contributed by atoms with Gasteiger partial charge in [-0.25, -0.2) is 0 Å². The lowest BCUT2D eigenvalue weighted by Gasteiger charge is -2.13. The van der Waals surface area contributed by atoms with Crippen LogP contribution in [0, 0.1) is 19.3 Å². The van der Waals surface area contributed by atoms with Crippen molar-refractivity contribution in [2.75, 3.05) is 0 Å². The second kappa shape index (κ2) is 2.40. The minimum atomic E-state index is -1.27. The molecule has 0 unspecified atom stereocenters. The van der Waals surface area contributed by atoms with Crippen molar-refractivity contribution in [2.24, 2.45) is 0 Å². The van der Waals surface area contributed by atoms with Gasteiger partial charge in [-0.2, -0.15) is 0 Å². The Labute approximate surface area is 65.0 Å². The summed E-state index contributed by atoms with van der Waals surface area (Å²) in [6.07, 6.45) is 6.52. The van der Waals surface area contributed by atoms with Crippen LogP contribution in [0.5, 0.6) is 0 Å². The maximum Gasteiger partial charge on any atom is 0.152 e. The molecular weight excluding hydrogens is 142 g/mol. The summed E-state index contributed by atoms with van der Waals surface area (Å²) in [4.78, 5) is 0. The van der Waals surface area contributed by atoms with E-state index in [1.165, 1.54) is 13.1 Å². The molecule has 3 heteroatoms. The van der Waals surface area contributed by atoms with E-state index in [1.54, 1.807) is 6.92 Å². The van der Waals surface area contributed by atoms with E-state index in [-0.39, 0.29) is 0 Å². The van der Waals surface area contributed by atoms with Gasteiger partial charge in [0, 0.05) is 0 Å². The van der Waals surface area contributed by atoms with Gasteiger partial charge >= 0.3 is 0 Å². The molecule has 0 bridgehead atoms. The van der Waals surface area contributed by atoms with Gasteiger partial charge < -0.3 is 9.63 Å². The van der Waals surface area contributed by atoms with E-state index in [1.807, 2.05) is 0 Å². The highest BCUT2D eigenvalue weighted by Gasteiger charge is 2.24. The minimum absolute atomic E-state index is 0.542. The van der Waals surface area contributed by atoms with Gasteiger partial charge in [0.05, 0.1) is 11.8 Å². The van der Waals surface area contributed by atoms with E-state index in [2.05, 4.69) is 11.1 Å². The lowest BCUT2D eigenvalue weighted by atomic mass is 9.99. The maximum absolute atomic E-state index is 9.53. The summed E-state index contributed by atoms with van der Waals surface area (Å²) in [6, 6.07) is 0. The highest BCUT2D eigenvalue weighted by atomic mass is 16.5. The molecule has 0 fully saturated rings. The van der Waals surface area contributed by atoms with Crippen molar-refractivity contribution in [3.8, 4) is 12.3 Å². The molecule has 0 spiro atoms. The Morgan fingerprint density at radius 2 is 2.45 bits per heavy atom. The molecule has 0 saturated heterocycles. The van der Waals surface area contributed by atoms with Crippen LogP contribution in [0.2, 0.25) is 0 Å². The molecule has 11 heavy (non-hydrogen) atoms. The van der Waals surface area contributed by atoms with Gasteiger partial charge in [-0.15, -0.1) is 6.42 Å². The predicted octanol–water partition coefficient (Wildman–Crippen LogP) is 0.824. The topological polar surface area (TPSA) is 46.3 Å². The van der Waals surface area contributed by atoms with Crippen LogP contribution in [0.4, 0.5) is 0 Å². The van der Waals surface area contributed by atoms with Crippen molar-refractivity contribution in [1.29, 1.82) is 0 Å². The average Bonchev–Trinajstić information content (AvgIpc) is 2.36. The highest BCUT2D eigenvalue weighted by Crippen LogP contribution is 2.21. The zero-order valence-corrected chi connectivity index (χ0v) is 6.46. The first-order chi connectivity index (χ1) is 5.08. The summed E-state index contributed by atoms with van der Waals surface area (Å²) in [5, 5.41) is 13.0. The number of aromatic nitrogens is 1. The molecule has 0 amide bonds. The van der Waals surface area contributed by atoms with E-state index < -0.39 is 5.60 Å². The maximum atomic E-state index is 9.53. The molecule has 0 aromatic carbocycles. The molecule has 0 saturated carbocycles. The predicted molar refractivity (Wildman–Crippen MR) is 39.6 cm³/mol. The third kappa shape index (κ3) is 1.26. The van der Waals surface area contributed by atoms with Gasteiger partial charge in [0.25, 0.3) is 0 Å². The van der Waals surface area contributed by atoms with Crippen LogP contribution < -0.4 is 0 Å². The molecule has 1 N–H and O–H groups in total. The second-order valence-corrected chi connectivity index (χ2v) is 2.51. The fourth-order valence-corrected chi connectivity index (χ4v) is 0.844. The van der Waals surface area contributed by atoms with Crippen molar-refractivity contribution in [1.82, 2.24) is 5.16 Å². The van der Waals surface area contributed by atoms with Crippen LogP contribution in [0.15, 0.2) is 10.7 Å². The molecule has 0 radical (unpaired) electrons. The lowest BCUT2D eigenvalue weighted by Crippen LogP contribution is -2.18. The van der Waals surface area contributed by atoms with Crippen LogP contribution in [0.1, 0.15) is 18.2 Å². The van der Waals surface area contributed by atoms with Crippen LogP contribution in [-0.4, -0.2) is 10.3 Å². The van der Waals surface area contributed by atoms with E-state index in [4.69, 9.17) is 10.9 Å². The molecule has 1 heterocycles. The third-order valence-corrected chi connectivity index (χ3v) is 1.56. The molecule has 0 aliphatic rings. The Kier molecular flexibility index (Phi) is 1.71. The van der Waals surface area contributed by atoms with E-state index in [9.17, 15) is 5.11 Å². The Balaban J connectivity index is 3.13. The zero-order chi connectivity index (χ0) is 8.48. The summed E-state index contributed by atoms with van der Waals surface area (Å²) in [5.41, 5.74) is -0.732. The van der Waals surface area contributed by atoms with Gasteiger partial charge in [-0.3, -0.25) is 0 Å². The van der Waals surface area contributed by atoms with E-state index in [0.717, 1.165) is 0 Å². The second-order valence-electron chi connectivity index (χ2n) is 2.51. The normalized spacial score (nSPS) is 15.5. The fraction of sp³-hybridized carbons (Fsp3) is 0.375. The summed E-state index contributed by atoms with van der Waals surface area (Å²) in [6.45, 7) is 3.22. The van der Waals surface area contributed by atoms with Crippen LogP contribution in [-0.2, 0) is 5.60 Å². The SMILES string of the molecule is C#C[C@@](C)(O)c1cnoc1C. The summed E-state index contributed by atoms with van der Waals surface area (Å²) < 4.78 is 4.75. The largest absolute Gasteiger partial charge is 0.373 e. The molecule has 1 aromatic rings. The highest BCUT2D eigenvalue weighted by molar-refractivity contribution is 5.28. The number of terminal acetylenes is 1. The Morgan fingerprint density at radius 1 is 1.82 bits per heavy atom. The molecular formula is C8H9NO2. The molecule has 1 aromatic heterocycles. The Morgan fingerprint density at radius 3 is 2.82 bits per heavy atom. The number of hydrogen-bond acceptors (Lipinski definition) is 3. The van der Waals surface area contributed by atoms with Gasteiger partial charge in [0.15, 0.2) is 5.60 Å². The molecule has 0 aliphatic heterocycles. The monoisotopic (exact) mass is 151 g/mol. The smallest absolute Gasteiger partial charge is 0.152 e. The van der Waals surface area contributed by atoms with Crippen molar-refractivity contribution in [2.45, 2.75) is 19.4 Å². The summed E-state index contributed by atoms with van der Waals surface area (Å²) in [7, 11) is 0. The van der Waals surface area contributed by atoms with Crippen molar-refractivity contribution in [3.63, 3.8) is 0 Å². The fourth-order valence-electron chi connectivity index (χ4n) is 0.844. The average molecular weight is 151 g/mol. The van der Waals surface area contributed by atoms with Crippen LogP contribution >= 0.6 is 0 Å². The van der Waals surface area contributed by atoms with Gasteiger partial charge in [0.2, 0.25) is 0 Å². The first-order valence-electron chi connectivity index (χ1n) is 3.20. The number of aliphatic hydroxyl groups is 1. The Bertz CT molecular complexity index is 293. The molecule has 1 rings (SSSR count). The quantitative estimate of drug-likeness (QED) is 0.604. The van der Waals surface area contributed by atoms with E-state index >= 15 is 0 Å². The van der Waals surface area contributed by atoms with Crippen LogP contribution in [0.25, 0.3) is 0 Å². The minimum Gasteiger partial charge on any atom is -0.373 e. The molecule has 58 valence electrons. The summed E-state index contributed by atoms with van der Waals surface area (Å²) in [5.74, 6) is 2.79. The van der Waals surface area contributed by atoms with Crippen molar-refractivity contribution < 1.29 is 9.63 Å². The molecule has 3 nitrogen and oxygen atoms in total. The molecule has 0 aliphatic carbocycles. The van der Waals surface area contributed by atoms with Crippen LogP contribution in [0.3, 0.4) is 0 Å². The van der Waals surface area contributed by atoms with Gasteiger partial charge in [-0.1, -0.05) is 11.1 Å². The number of nitrogens with zero attached hydrogens (tertiary/aromatic N) is 1. The number of hydrogen-bond donors (Lipinski definition) is 1. The van der Waals surface area contributed by atoms with Gasteiger partial charge in [-0.05, 0) is 13.8 Å². The first kappa shape index (κ1) is 7.83. The number of aryl methyl sites for hydroxylation is 1. The first-order valence-corrected chi connectivity index (χ1v) is 3.20. The Hall–Kier alpha value is -1.27. The zero-order valence-electron chi connectivity index (χ0n) is 6.46. The standard InChI is InChI=1S/C8H9NO2/c1-4-8(3,10)7-5-9-11-6(7)2/h1,5,10H,2-3H3/t8-/m1/s1.